The molecule has 0 spiro atoms. The molecule has 2 aliphatic heterocycles. The summed E-state index contributed by atoms with van der Waals surface area (Å²) in [5, 5.41) is 14.4. The molecule has 0 bridgehead atoms. The molecule has 20 rings (SSSR count). The fraction of sp³-hybridized carbons (Fsp3) is 0.186. The Morgan fingerprint density at radius 1 is 0.344 bits per heavy atom. The number of pyridine rings is 6. The number of anilines is 6. The largest absolute Gasteiger partial charge is 0.399 e. The minimum Gasteiger partial charge on any atom is -0.399 e. The van der Waals surface area contributed by atoms with E-state index in [0.717, 1.165) is 102 Å². The van der Waals surface area contributed by atoms with Gasteiger partial charge in [0.1, 0.15) is 28.5 Å². The molecule has 0 atom stereocenters. The zero-order valence-electron chi connectivity index (χ0n) is 68.9. The van der Waals surface area contributed by atoms with Crippen molar-refractivity contribution in [2.24, 2.45) is 9.98 Å². The first-order valence-electron chi connectivity index (χ1n) is 41.3. The van der Waals surface area contributed by atoms with Crippen molar-refractivity contribution in [1.82, 2.24) is 49.0 Å². The predicted molar refractivity (Wildman–Crippen MR) is 508 cm³/mol. The highest BCUT2D eigenvalue weighted by Crippen LogP contribution is 2.40. The number of aliphatic imine (C=N–C) groups is 2. The Hall–Kier alpha value is -13.1. The molecule has 8 aromatic heterocycles. The standard InChI is InChI=1S/C23H19N5O.C18H15BrN4O.2C16H14BrN3O.C15H13BrN2O3.C9H11NO2/c29-23(21-12-16(8-10-26-21)18-4-2-9-24-13-18)27-19-5-1-3-17(11-19)22-14-25-15-28(22)20-6-7-20;19-13-6-7-21-16(9-13)18(24)22-14-3-1-2-12(8-14)17-10-20-11-23(17)15-4-5-15;2*17-12-6-7-18-15(9-12)16(21)20-14-3-1-2-11(8-14)10-19-13-4-5-13;16-11-4-5-17-13(9-11)14(19)18-12-3-1-2-10(8-12)15-20-6-7-21-15;10-8-3-1-2-7(6-8)9-11-4-5-12-9/h1-5,8-15,20H,6-7H2,(H,27,29);1-3,6-11,15H,4-5H2,(H,22,24);2*1-3,6-10,13H,4-5H2,(H,20,21);1-5,8-9,15H,6-7H2,(H,18,19);1-3,6,9H,4-5,10H2. The molecule has 6 aromatic carbocycles. The maximum atomic E-state index is 12.8. The summed E-state index contributed by atoms with van der Waals surface area (Å²) < 4.78 is 29.2. The van der Waals surface area contributed by atoms with Crippen LogP contribution in [0.4, 0.5) is 34.1 Å². The van der Waals surface area contributed by atoms with Crippen LogP contribution >= 0.6 is 63.7 Å². The van der Waals surface area contributed by atoms with Gasteiger partial charge in [0.05, 0.1) is 74.9 Å². The summed E-state index contributed by atoms with van der Waals surface area (Å²) in [5.41, 5.74) is 21.7. The fourth-order valence-electron chi connectivity index (χ4n) is 13.0. The van der Waals surface area contributed by atoms with Gasteiger partial charge < -0.3 is 60.4 Å². The monoisotopic (exact) mass is 1960 g/mol. The highest BCUT2D eigenvalue weighted by atomic mass is 79.9. The van der Waals surface area contributed by atoms with Gasteiger partial charge in [-0.05, 0) is 208 Å². The molecule has 2 saturated heterocycles. The van der Waals surface area contributed by atoms with E-state index in [0.29, 0.717) is 84.8 Å². The molecule has 7 N–H and O–H groups in total. The lowest BCUT2D eigenvalue weighted by atomic mass is 10.1. The van der Waals surface area contributed by atoms with E-state index in [1.54, 1.807) is 98.0 Å². The number of amides is 5. The van der Waals surface area contributed by atoms with Crippen molar-refractivity contribution in [2.45, 2.75) is 88.1 Å². The van der Waals surface area contributed by atoms with Gasteiger partial charge in [0.25, 0.3) is 29.5 Å². The minimum absolute atomic E-state index is 0.214. The average Bonchev–Trinajstić information content (AvgIpc) is 1.64. The number of rotatable bonds is 21. The molecule has 4 aliphatic carbocycles. The summed E-state index contributed by atoms with van der Waals surface area (Å²) in [7, 11) is 0. The van der Waals surface area contributed by atoms with E-state index in [9.17, 15) is 24.0 Å². The second-order valence-electron chi connectivity index (χ2n) is 30.1. The van der Waals surface area contributed by atoms with E-state index in [1.807, 2.05) is 201 Å². The first kappa shape index (κ1) is 89.7. The fourth-order valence-corrected chi connectivity index (χ4v) is 14.3. The van der Waals surface area contributed by atoms with E-state index in [2.05, 4.69) is 149 Å². The predicted octanol–water partition coefficient (Wildman–Crippen LogP) is 20.7. The molecule has 646 valence electrons. The number of carbonyl (C=O) groups excluding carboxylic acids is 5. The van der Waals surface area contributed by atoms with Gasteiger partial charge in [-0.3, -0.25) is 63.9 Å². The summed E-state index contributed by atoms with van der Waals surface area (Å²) in [6.45, 7) is 2.51. The topological polar surface area (TPSA) is 346 Å². The Bertz CT molecular complexity index is 6150. The van der Waals surface area contributed by atoms with Crippen molar-refractivity contribution in [3.63, 3.8) is 0 Å². The SMILES string of the molecule is Nc1cccc(C2OCCO2)c1.O=C(Nc1cccc(-c2cncn2C2CC2)c1)c1cc(-c2cccnc2)ccn1.O=C(Nc1cccc(-c2cncn2C2CC2)c1)c1cc(Br)ccn1.O=C(Nc1cccc(C2OCCO2)c1)c1cc(Br)ccn1.O=C(Nc1cccc(C=NC2CC2)c1)c1cc(Br)ccn1.O=C(Nc1cccc(C=NC2CC2)c1)c1cc(Br)ccn1. The molecule has 27 nitrogen and oxygen atoms in total. The quantitative estimate of drug-likeness (QED) is 0.0287. The molecular weight excluding hydrogens is 1880 g/mol. The Morgan fingerprint density at radius 3 is 1.07 bits per heavy atom. The Labute approximate surface area is 771 Å². The maximum absolute atomic E-state index is 12.8. The van der Waals surface area contributed by atoms with Crippen LogP contribution in [0.2, 0.25) is 0 Å². The minimum atomic E-state index is -0.356. The molecule has 128 heavy (non-hydrogen) atoms. The molecule has 4 saturated carbocycles. The molecule has 5 amide bonds. The van der Waals surface area contributed by atoms with Gasteiger partial charge in [0, 0.05) is 148 Å². The lowest BCUT2D eigenvalue weighted by Crippen LogP contribution is -2.13. The van der Waals surface area contributed by atoms with Crippen molar-refractivity contribution in [3.8, 4) is 33.6 Å². The van der Waals surface area contributed by atoms with Gasteiger partial charge in [-0.1, -0.05) is 143 Å². The van der Waals surface area contributed by atoms with Gasteiger partial charge in [-0.25, -0.2) is 9.97 Å². The number of nitrogens with two attached hydrogens (primary N) is 1. The summed E-state index contributed by atoms with van der Waals surface area (Å²) >= 11 is 13.3. The van der Waals surface area contributed by atoms with Crippen molar-refractivity contribution in [2.75, 3.05) is 58.7 Å². The molecule has 6 aliphatic rings. The first-order chi connectivity index (χ1) is 62.5. The highest BCUT2D eigenvalue weighted by Gasteiger charge is 2.28. The lowest BCUT2D eigenvalue weighted by molar-refractivity contribution is -0.0442. The number of imidazole rings is 2. The normalized spacial score (nSPS) is 14.5. The molecule has 0 radical (unpaired) electrons. The van der Waals surface area contributed by atoms with Crippen LogP contribution in [0.15, 0.2) is 315 Å². The number of nitrogens with zero attached hydrogens (tertiary/aromatic N) is 12. The van der Waals surface area contributed by atoms with Crippen LogP contribution in [0.3, 0.4) is 0 Å². The number of hydrogen-bond donors (Lipinski definition) is 6. The molecular formula is C97H86Br4N18O9. The summed E-state index contributed by atoms with van der Waals surface area (Å²) in [5.74, 6) is -1.20. The van der Waals surface area contributed by atoms with E-state index in [1.165, 1.54) is 51.4 Å². The number of ether oxygens (including phenoxy) is 4. The molecule has 10 heterocycles. The van der Waals surface area contributed by atoms with Gasteiger partial charge in [0.2, 0.25) is 0 Å². The Kier molecular flexibility index (Phi) is 31.1. The number of nitrogens with one attached hydrogen (secondary N) is 5. The molecule has 0 unspecified atom stereocenters. The van der Waals surface area contributed by atoms with E-state index >= 15 is 0 Å². The van der Waals surface area contributed by atoms with Crippen LogP contribution in [-0.4, -0.2) is 129 Å². The smallest absolute Gasteiger partial charge is 0.274 e. The first-order valence-corrected chi connectivity index (χ1v) is 44.5. The second-order valence-corrected chi connectivity index (χ2v) is 33.8. The van der Waals surface area contributed by atoms with Crippen LogP contribution in [0.1, 0.15) is 151 Å². The van der Waals surface area contributed by atoms with Gasteiger partial charge in [-0.15, -0.1) is 0 Å². The molecule has 6 fully saturated rings. The molecule has 31 heteroatoms. The van der Waals surface area contributed by atoms with E-state index in [4.69, 9.17) is 24.7 Å². The van der Waals surface area contributed by atoms with Crippen LogP contribution in [-0.2, 0) is 18.9 Å². The number of hydrogen-bond acceptors (Lipinski definition) is 20. The number of benzene rings is 6. The van der Waals surface area contributed by atoms with Crippen molar-refractivity contribution >= 4 is 140 Å². The van der Waals surface area contributed by atoms with Crippen molar-refractivity contribution in [1.29, 1.82) is 0 Å². The number of halogens is 4. The Morgan fingerprint density at radius 2 is 0.695 bits per heavy atom. The van der Waals surface area contributed by atoms with Gasteiger partial charge in [-0.2, -0.15) is 0 Å². The summed E-state index contributed by atoms with van der Waals surface area (Å²) in [4.78, 5) is 104. The van der Waals surface area contributed by atoms with Crippen molar-refractivity contribution < 1.29 is 42.9 Å². The highest BCUT2D eigenvalue weighted by molar-refractivity contribution is 9.11. The zero-order valence-corrected chi connectivity index (χ0v) is 75.2. The number of carbonyl (C=O) groups is 5. The average molecular weight is 1970 g/mol. The van der Waals surface area contributed by atoms with Crippen LogP contribution < -0.4 is 32.3 Å². The summed E-state index contributed by atoms with van der Waals surface area (Å²) in [6, 6.07) is 69.3. The third-order valence-corrected chi connectivity index (χ3v) is 21.9. The van der Waals surface area contributed by atoms with Crippen LogP contribution in [0, 0.1) is 0 Å². The number of aromatic nitrogens is 10. The number of nitrogen functional groups attached to an aromatic ring is 1. The maximum Gasteiger partial charge on any atom is 0.274 e. The second kappa shape index (κ2) is 44.4. The van der Waals surface area contributed by atoms with E-state index < -0.39 is 0 Å². The Balaban J connectivity index is 0.000000120. The molecule has 14 aromatic rings. The lowest BCUT2D eigenvalue weighted by Gasteiger charge is -2.11. The third kappa shape index (κ3) is 27.0. The van der Waals surface area contributed by atoms with Gasteiger partial charge in [0.15, 0.2) is 12.6 Å². The third-order valence-electron chi connectivity index (χ3n) is 19.9. The summed E-state index contributed by atoms with van der Waals surface area (Å²) in [6.07, 6.45) is 31.7. The van der Waals surface area contributed by atoms with Crippen molar-refractivity contribution in [3.05, 3.63) is 355 Å². The van der Waals surface area contributed by atoms with Crippen LogP contribution in [0.5, 0.6) is 0 Å². The van der Waals surface area contributed by atoms with Crippen LogP contribution in [0.25, 0.3) is 33.6 Å². The van der Waals surface area contributed by atoms with Gasteiger partial charge >= 0.3 is 0 Å². The zero-order chi connectivity index (χ0) is 88.5. The van der Waals surface area contributed by atoms with E-state index in [-0.39, 0.29) is 42.1 Å².